The van der Waals surface area contributed by atoms with Gasteiger partial charge in [-0.05, 0) is 0 Å². The molecule has 5 heteroatoms. The van der Waals surface area contributed by atoms with E-state index in [1.54, 1.807) is 6.08 Å². The second kappa shape index (κ2) is 7.82. The van der Waals surface area contributed by atoms with Crippen LogP contribution in [0, 0.1) is 0 Å². The third-order valence-corrected chi connectivity index (χ3v) is 1.12. The van der Waals surface area contributed by atoms with E-state index in [9.17, 15) is 4.57 Å². The lowest BCUT2D eigenvalue weighted by Crippen LogP contribution is -2.19. The number of aliphatic hydroxyl groups excluding tert-OH is 1. The molecule has 0 amide bonds. The topological polar surface area (TPSA) is 55.8 Å². The summed E-state index contributed by atoms with van der Waals surface area (Å²) in [6, 6.07) is 0. The van der Waals surface area contributed by atoms with Crippen molar-refractivity contribution in [3.63, 3.8) is 0 Å². The van der Waals surface area contributed by atoms with E-state index < -0.39 is 14.8 Å². The van der Waals surface area contributed by atoms with Crippen molar-refractivity contribution in [2.75, 3.05) is 19.8 Å². The molecule has 0 bridgehead atoms. The number of rotatable bonds is 7. The Bertz CT molecular complexity index is 117. The molecule has 0 aromatic heterocycles. The third kappa shape index (κ3) is 7.62. The fraction of sp³-hybridized carbons (Fsp3) is 0.667. The van der Waals surface area contributed by atoms with Crippen LogP contribution in [-0.2, 0) is 13.8 Å². The normalized spacial score (nSPS) is 13.2. The molecule has 64 valence electrons. The highest BCUT2D eigenvalue weighted by Crippen LogP contribution is 1.96. The maximum Gasteiger partial charge on any atom is 0.327 e. The molecule has 1 N–H and O–H groups in total. The van der Waals surface area contributed by atoms with Gasteiger partial charge in [0.15, 0.2) is 0 Å². The standard InChI is InChI=1S/C6H11O4P/c1-2-3-9-4-6(7)5-10-11-8/h2,6-7H,1,3-5H2. The lowest BCUT2D eigenvalue weighted by Gasteiger charge is -2.06. The van der Waals surface area contributed by atoms with E-state index in [0.717, 1.165) is 0 Å². The second-order valence-corrected chi connectivity index (χ2v) is 2.26. The first-order valence-corrected chi connectivity index (χ1v) is 3.85. The van der Waals surface area contributed by atoms with Gasteiger partial charge in [-0.3, -0.25) is 4.52 Å². The van der Waals surface area contributed by atoms with Gasteiger partial charge in [0.05, 0.1) is 19.8 Å². The minimum Gasteiger partial charge on any atom is -0.388 e. The molecule has 0 rings (SSSR count). The fourth-order valence-electron chi connectivity index (χ4n) is 0.452. The van der Waals surface area contributed by atoms with Crippen LogP contribution >= 0.6 is 8.69 Å². The molecule has 0 heterocycles. The SMILES string of the molecule is C=CCOCC(O)COP=O. The fourth-order valence-corrected chi connectivity index (χ4v) is 0.685. The van der Waals surface area contributed by atoms with E-state index in [0.29, 0.717) is 6.61 Å². The molecule has 0 saturated carbocycles. The van der Waals surface area contributed by atoms with Gasteiger partial charge in [-0.2, -0.15) is 0 Å². The largest absolute Gasteiger partial charge is 0.388 e. The zero-order chi connectivity index (χ0) is 8.53. The lowest BCUT2D eigenvalue weighted by molar-refractivity contribution is 0.0242. The summed E-state index contributed by atoms with van der Waals surface area (Å²) in [5, 5.41) is 8.98. The third-order valence-electron chi connectivity index (χ3n) is 0.866. The van der Waals surface area contributed by atoms with Gasteiger partial charge in [-0.15, -0.1) is 6.58 Å². The summed E-state index contributed by atoms with van der Waals surface area (Å²) >= 11 is 0. The van der Waals surface area contributed by atoms with Crippen molar-refractivity contribution in [1.29, 1.82) is 0 Å². The van der Waals surface area contributed by atoms with Gasteiger partial charge in [-0.25, -0.2) is 4.57 Å². The summed E-state index contributed by atoms with van der Waals surface area (Å²) in [5.41, 5.74) is 0. The summed E-state index contributed by atoms with van der Waals surface area (Å²) < 4.78 is 19.0. The predicted octanol–water partition coefficient (Wildman–Crippen LogP) is 0.773. The minimum absolute atomic E-state index is 0.0161. The Morgan fingerprint density at radius 1 is 1.64 bits per heavy atom. The lowest BCUT2D eigenvalue weighted by atomic mass is 10.4. The van der Waals surface area contributed by atoms with E-state index in [4.69, 9.17) is 9.84 Å². The molecule has 4 nitrogen and oxygen atoms in total. The summed E-state index contributed by atoms with van der Waals surface area (Å²) in [6.45, 7) is 4.01. The Hall–Kier alpha value is -0.280. The molecule has 0 saturated heterocycles. The van der Waals surface area contributed by atoms with Gasteiger partial charge in [-0.1, -0.05) is 6.08 Å². The molecular weight excluding hydrogens is 167 g/mol. The quantitative estimate of drug-likeness (QED) is 0.355. The first kappa shape index (κ1) is 10.7. The van der Waals surface area contributed by atoms with Crippen molar-refractivity contribution in [3.05, 3.63) is 12.7 Å². The average molecular weight is 178 g/mol. The Morgan fingerprint density at radius 3 is 2.91 bits per heavy atom. The van der Waals surface area contributed by atoms with Crippen molar-refractivity contribution in [2.45, 2.75) is 6.10 Å². The van der Waals surface area contributed by atoms with Crippen LogP contribution in [0.25, 0.3) is 0 Å². The van der Waals surface area contributed by atoms with Crippen molar-refractivity contribution in [1.82, 2.24) is 0 Å². The molecule has 11 heavy (non-hydrogen) atoms. The predicted molar refractivity (Wildman–Crippen MR) is 40.6 cm³/mol. The van der Waals surface area contributed by atoms with Gasteiger partial charge < -0.3 is 9.84 Å². The first-order valence-electron chi connectivity index (χ1n) is 3.12. The zero-order valence-corrected chi connectivity index (χ0v) is 7.00. The van der Waals surface area contributed by atoms with Crippen LogP contribution in [0.3, 0.4) is 0 Å². The minimum atomic E-state index is -0.726. The highest BCUT2D eigenvalue weighted by Gasteiger charge is 2.02. The van der Waals surface area contributed by atoms with Crippen LogP contribution < -0.4 is 0 Å². The van der Waals surface area contributed by atoms with Crippen LogP contribution in [0.5, 0.6) is 0 Å². The zero-order valence-electron chi connectivity index (χ0n) is 6.10. The number of aliphatic hydroxyl groups is 1. The molecule has 0 fully saturated rings. The Morgan fingerprint density at radius 2 is 2.36 bits per heavy atom. The Kier molecular flexibility index (Phi) is 7.62. The van der Waals surface area contributed by atoms with E-state index in [2.05, 4.69) is 11.1 Å². The molecule has 0 aliphatic carbocycles. The van der Waals surface area contributed by atoms with Crippen molar-refractivity contribution >= 4 is 8.69 Å². The Labute approximate surface area is 67.1 Å². The van der Waals surface area contributed by atoms with Crippen molar-refractivity contribution in [2.24, 2.45) is 0 Å². The molecule has 0 radical (unpaired) electrons. The monoisotopic (exact) mass is 178 g/mol. The molecule has 1 unspecified atom stereocenters. The summed E-state index contributed by atoms with van der Waals surface area (Å²) in [7, 11) is -0.423. The molecular formula is C6H11O4P. The number of hydrogen-bond donors (Lipinski definition) is 1. The molecule has 0 aromatic carbocycles. The molecule has 0 aliphatic heterocycles. The van der Waals surface area contributed by atoms with E-state index >= 15 is 0 Å². The maximum absolute atomic E-state index is 9.75. The van der Waals surface area contributed by atoms with E-state index in [1.807, 2.05) is 0 Å². The van der Waals surface area contributed by atoms with Crippen LogP contribution in [0.1, 0.15) is 0 Å². The summed E-state index contributed by atoms with van der Waals surface area (Å²) in [4.78, 5) is 0. The van der Waals surface area contributed by atoms with Gasteiger partial charge in [0.25, 0.3) is 0 Å². The van der Waals surface area contributed by atoms with Crippen molar-refractivity contribution in [3.8, 4) is 0 Å². The highest BCUT2D eigenvalue weighted by atomic mass is 31.1. The van der Waals surface area contributed by atoms with Gasteiger partial charge in [0.1, 0.15) is 6.10 Å². The van der Waals surface area contributed by atoms with Crippen LogP contribution in [0.15, 0.2) is 12.7 Å². The van der Waals surface area contributed by atoms with Crippen LogP contribution in [0.4, 0.5) is 0 Å². The molecule has 0 spiro atoms. The van der Waals surface area contributed by atoms with Crippen LogP contribution in [0.2, 0.25) is 0 Å². The average Bonchev–Trinajstić information content (AvgIpc) is 2.01. The van der Waals surface area contributed by atoms with E-state index in [1.165, 1.54) is 0 Å². The molecule has 1 atom stereocenters. The highest BCUT2D eigenvalue weighted by molar-refractivity contribution is 7.17. The number of hydrogen-bond acceptors (Lipinski definition) is 4. The summed E-state index contributed by atoms with van der Waals surface area (Å²) in [5.74, 6) is 0. The van der Waals surface area contributed by atoms with Crippen LogP contribution in [-0.4, -0.2) is 31.0 Å². The number of ether oxygens (including phenoxy) is 1. The van der Waals surface area contributed by atoms with Gasteiger partial charge >= 0.3 is 8.69 Å². The van der Waals surface area contributed by atoms with Crippen molar-refractivity contribution < 1.29 is 18.9 Å². The maximum atomic E-state index is 9.75. The summed E-state index contributed by atoms with van der Waals surface area (Å²) in [6.07, 6.45) is 0.857. The van der Waals surface area contributed by atoms with E-state index in [-0.39, 0.29) is 13.2 Å². The molecule has 0 aliphatic rings. The van der Waals surface area contributed by atoms with Gasteiger partial charge in [0, 0.05) is 0 Å². The second-order valence-electron chi connectivity index (χ2n) is 1.85. The smallest absolute Gasteiger partial charge is 0.327 e. The van der Waals surface area contributed by atoms with Gasteiger partial charge in [0.2, 0.25) is 0 Å². The Balaban J connectivity index is 3.14. The first-order chi connectivity index (χ1) is 5.31. The molecule has 0 aromatic rings.